The Morgan fingerprint density at radius 2 is 2.23 bits per heavy atom. The minimum Gasteiger partial charge on any atom is -0.412 e. The predicted octanol–water partition coefficient (Wildman–Crippen LogP) is 1.32. The maximum atomic E-state index is 5.74. The number of fused-ring (bicyclic) bond motifs is 1. The van der Waals surface area contributed by atoms with Gasteiger partial charge in [-0.3, -0.25) is 0 Å². The number of thiophene rings is 1. The molecule has 0 saturated carbocycles. The molecule has 0 aliphatic rings. The second-order valence-corrected chi connectivity index (χ2v) is 3.79. The van der Waals surface area contributed by atoms with Crippen molar-refractivity contribution in [2.24, 2.45) is 0 Å². The molecule has 0 atom stereocenters. The quantitative estimate of drug-likeness (QED) is 0.763. The molecule has 0 spiro atoms. The molecule has 0 radical (unpaired) electrons. The van der Waals surface area contributed by atoms with Gasteiger partial charge in [-0.1, -0.05) is 0 Å². The Bertz CT molecular complexity index is 432. The maximum absolute atomic E-state index is 5.74. The highest BCUT2D eigenvalue weighted by molar-refractivity contribution is 7.22. The van der Waals surface area contributed by atoms with E-state index in [9.17, 15) is 0 Å². The molecule has 13 heavy (non-hydrogen) atoms. The Labute approximate surface area is 79.6 Å². The van der Waals surface area contributed by atoms with Crippen LogP contribution in [0.3, 0.4) is 0 Å². The van der Waals surface area contributed by atoms with Gasteiger partial charge < -0.3 is 16.3 Å². The lowest BCUT2D eigenvalue weighted by Gasteiger charge is -2.05. The first-order valence-electron chi connectivity index (χ1n) is 4.02. The minimum absolute atomic E-state index is 0.587. The van der Waals surface area contributed by atoms with E-state index >= 15 is 0 Å². The van der Waals surface area contributed by atoms with E-state index < -0.39 is 0 Å². The Hall–Kier alpha value is -1.36. The van der Waals surface area contributed by atoms with Crippen molar-refractivity contribution < 1.29 is 4.84 Å². The van der Waals surface area contributed by atoms with Gasteiger partial charge in [0.05, 0.1) is 9.70 Å². The van der Waals surface area contributed by atoms with Crippen LogP contribution >= 0.6 is 11.3 Å². The molecule has 4 nitrogen and oxygen atoms in total. The van der Waals surface area contributed by atoms with E-state index in [1.807, 2.05) is 19.1 Å². The average Bonchev–Trinajstić information content (AvgIpc) is 2.52. The molecule has 70 valence electrons. The predicted molar refractivity (Wildman–Crippen MR) is 55.8 cm³/mol. The summed E-state index contributed by atoms with van der Waals surface area (Å²) in [5.41, 5.74) is 12.3. The van der Waals surface area contributed by atoms with Gasteiger partial charge in [0, 0.05) is 12.1 Å². The summed E-state index contributed by atoms with van der Waals surface area (Å²) in [5.74, 6) is 0.614. The summed E-state index contributed by atoms with van der Waals surface area (Å²) in [4.78, 5) is 5.35. The molecule has 0 amide bonds. The Morgan fingerprint density at radius 1 is 1.46 bits per heavy atom. The van der Waals surface area contributed by atoms with Crippen LogP contribution in [-0.2, 0) is 0 Å². The summed E-state index contributed by atoms with van der Waals surface area (Å²) < 4.78 is 2.67. The molecule has 2 rings (SSSR count). The van der Waals surface area contributed by atoms with Crippen molar-refractivity contribution in [3.8, 4) is 0 Å². The van der Waals surface area contributed by atoms with Crippen molar-refractivity contribution in [2.45, 2.75) is 6.92 Å². The summed E-state index contributed by atoms with van der Waals surface area (Å²) in [5, 5.41) is 0.776. The van der Waals surface area contributed by atoms with Gasteiger partial charge in [0.15, 0.2) is 0 Å². The van der Waals surface area contributed by atoms with Gasteiger partial charge in [-0.15, -0.1) is 11.3 Å². The van der Waals surface area contributed by atoms with E-state index in [0.717, 1.165) is 15.2 Å². The molecule has 0 bridgehead atoms. The van der Waals surface area contributed by atoms with Crippen LogP contribution in [0.15, 0.2) is 12.1 Å². The number of anilines is 2. The molecule has 0 fully saturated rings. The number of nitrogen functional groups attached to an aromatic ring is 2. The van der Waals surface area contributed by atoms with Crippen LogP contribution in [0.2, 0.25) is 0 Å². The fraction of sp³-hybridized carbons (Fsp3) is 0.250. The zero-order valence-electron chi connectivity index (χ0n) is 7.28. The van der Waals surface area contributed by atoms with Crippen LogP contribution in [0.25, 0.3) is 10.2 Å². The van der Waals surface area contributed by atoms with Gasteiger partial charge in [-0.05, 0) is 6.92 Å². The van der Waals surface area contributed by atoms with Gasteiger partial charge in [-0.2, -0.15) is 4.73 Å². The molecule has 0 unspecified atom stereocenters. The lowest BCUT2D eigenvalue weighted by Crippen LogP contribution is -2.12. The van der Waals surface area contributed by atoms with E-state index in [2.05, 4.69) is 0 Å². The van der Waals surface area contributed by atoms with Gasteiger partial charge in [0.2, 0.25) is 0 Å². The van der Waals surface area contributed by atoms with E-state index in [0.29, 0.717) is 12.4 Å². The highest BCUT2D eigenvalue weighted by atomic mass is 32.1. The second kappa shape index (κ2) is 2.85. The number of aromatic nitrogens is 1. The first-order chi connectivity index (χ1) is 6.22. The number of nitrogens with two attached hydrogens (primary N) is 2. The smallest absolute Gasteiger partial charge is 0.141 e. The third-order valence-electron chi connectivity index (χ3n) is 1.75. The Morgan fingerprint density at radius 3 is 2.92 bits per heavy atom. The summed E-state index contributed by atoms with van der Waals surface area (Å²) in [6, 6.07) is 3.73. The number of nitrogens with zero attached hydrogens (tertiary/aromatic N) is 1. The van der Waals surface area contributed by atoms with Crippen molar-refractivity contribution in [3.63, 3.8) is 0 Å². The maximum Gasteiger partial charge on any atom is 0.141 e. The van der Waals surface area contributed by atoms with Crippen molar-refractivity contribution >= 4 is 32.4 Å². The van der Waals surface area contributed by atoms with Gasteiger partial charge in [-0.25, -0.2) is 0 Å². The molecule has 2 heterocycles. The van der Waals surface area contributed by atoms with Crippen LogP contribution < -0.4 is 16.3 Å². The third kappa shape index (κ3) is 1.21. The highest BCUT2D eigenvalue weighted by Crippen LogP contribution is 2.30. The first kappa shape index (κ1) is 8.25. The van der Waals surface area contributed by atoms with Gasteiger partial charge in [0.1, 0.15) is 17.9 Å². The molecule has 5 heteroatoms. The zero-order valence-corrected chi connectivity index (χ0v) is 8.10. The molecule has 0 aliphatic carbocycles. The normalized spacial score (nSPS) is 10.8. The standard InChI is InChI=1S/C8H11N3OS/c1-2-12-11-5-3-8(10)13-6(5)4-7(11)9/h3-4H,2,9-10H2,1H3. The topological polar surface area (TPSA) is 66.2 Å². The molecular formula is C8H11N3OS. The van der Waals surface area contributed by atoms with Gasteiger partial charge >= 0.3 is 0 Å². The van der Waals surface area contributed by atoms with Crippen LogP contribution in [0.1, 0.15) is 6.92 Å². The lowest BCUT2D eigenvalue weighted by atomic mass is 10.5. The average molecular weight is 197 g/mol. The van der Waals surface area contributed by atoms with E-state index in [4.69, 9.17) is 16.3 Å². The molecule has 0 aliphatic heterocycles. The monoisotopic (exact) mass is 197 g/mol. The molecule has 4 N–H and O–H groups in total. The van der Waals surface area contributed by atoms with E-state index in [1.54, 1.807) is 4.73 Å². The Balaban J connectivity index is 2.61. The van der Waals surface area contributed by atoms with Crippen LogP contribution in [0.4, 0.5) is 10.8 Å². The van der Waals surface area contributed by atoms with Gasteiger partial charge in [0.25, 0.3) is 0 Å². The Kier molecular flexibility index (Phi) is 1.81. The summed E-state index contributed by atoms with van der Waals surface area (Å²) in [6.45, 7) is 2.50. The van der Waals surface area contributed by atoms with Crippen LogP contribution in [0.5, 0.6) is 0 Å². The highest BCUT2D eigenvalue weighted by Gasteiger charge is 2.09. The summed E-state index contributed by atoms with van der Waals surface area (Å²) in [6.07, 6.45) is 0. The number of hydrogen-bond donors (Lipinski definition) is 2. The zero-order chi connectivity index (χ0) is 9.42. The fourth-order valence-electron chi connectivity index (χ4n) is 1.28. The molecule has 0 aromatic carbocycles. The second-order valence-electron chi connectivity index (χ2n) is 2.68. The lowest BCUT2D eigenvalue weighted by molar-refractivity contribution is 0.137. The van der Waals surface area contributed by atoms with Crippen LogP contribution in [-0.4, -0.2) is 11.3 Å². The molecule has 2 aromatic rings. The van der Waals surface area contributed by atoms with E-state index in [1.165, 1.54) is 11.3 Å². The van der Waals surface area contributed by atoms with E-state index in [-0.39, 0.29) is 0 Å². The van der Waals surface area contributed by atoms with Crippen molar-refractivity contribution in [1.29, 1.82) is 0 Å². The fourth-order valence-corrected chi connectivity index (χ4v) is 2.13. The SMILES string of the molecule is CCOn1c(N)cc2sc(N)cc21. The molecule has 0 saturated heterocycles. The number of rotatable bonds is 2. The molecule has 2 aromatic heterocycles. The first-order valence-corrected chi connectivity index (χ1v) is 4.83. The summed E-state index contributed by atoms with van der Waals surface area (Å²) in [7, 11) is 0. The minimum atomic E-state index is 0.587. The van der Waals surface area contributed by atoms with Crippen molar-refractivity contribution in [3.05, 3.63) is 12.1 Å². The molecular weight excluding hydrogens is 186 g/mol. The van der Waals surface area contributed by atoms with Crippen LogP contribution in [0, 0.1) is 0 Å². The third-order valence-corrected chi connectivity index (χ3v) is 2.65. The van der Waals surface area contributed by atoms with Crippen molar-refractivity contribution in [1.82, 2.24) is 4.73 Å². The largest absolute Gasteiger partial charge is 0.412 e. The summed E-state index contributed by atoms with van der Waals surface area (Å²) >= 11 is 1.51. The van der Waals surface area contributed by atoms with Crippen molar-refractivity contribution in [2.75, 3.05) is 18.1 Å². The number of hydrogen-bond acceptors (Lipinski definition) is 4.